The molecule has 19 heavy (non-hydrogen) atoms. The van der Waals surface area contributed by atoms with Crippen LogP contribution in [0.3, 0.4) is 0 Å². The van der Waals surface area contributed by atoms with Gasteiger partial charge in [-0.05, 0) is 46.4 Å². The van der Waals surface area contributed by atoms with E-state index >= 15 is 0 Å². The van der Waals surface area contributed by atoms with Crippen LogP contribution >= 0.6 is 34.2 Å². The molecule has 100 valence electrons. The molecule has 0 saturated heterocycles. The molecule has 0 amide bonds. The molecule has 0 heterocycles. The Labute approximate surface area is 131 Å². The van der Waals surface area contributed by atoms with Crippen molar-refractivity contribution in [3.63, 3.8) is 0 Å². The van der Waals surface area contributed by atoms with Gasteiger partial charge in [-0.15, -0.1) is 11.6 Å². The van der Waals surface area contributed by atoms with E-state index in [-0.39, 0.29) is 0 Å². The third-order valence-corrected chi connectivity index (χ3v) is 3.73. The second kappa shape index (κ2) is 7.01. The fourth-order valence-electron chi connectivity index (χ4n) is 1.65. The van der Waals surface area contributed by atoms with Crippen LogP contribution in [-0.2, 0) is 12.5 Å². The molecule has 0 N–H and O–H groups in total. The zero-order chi connectivity index (χ0) is 13.7. The van der Waals surface area contributed by atoms with E-state index < -0.39 is 0 Å². The fourth-order valence-corrected chi connectivity index (χ4v) is 2.23. The number of alkyl halides is 1. The molecule has 0 aliphatic heterocycles. The van der Waals surface area contributed by atoms with Crippen molar-refractivity contribution < 1.29 is 9.47 Å². The van der Waals surface area contributed by atoms with Crippen LogP contribution in [0.25, 0.3) is 0 Å². The number of halogens is 2. The molecule has 0 unspecified atom stereocenters. The molecule has 0 bridgehead atoms. The lowest BCUT2D eigenvalue weighted by Crippen LogP contribution is -1.98. The second-order valence-corrected chi connectivity index (χ2v) is 5.54. The standard InChI is InChI=1S/C15H14ClIO2/c1-18-14-7-4-12(9-16)15(8-14)19-10-11-2-5-13(17)6-3-11/h2-8H,9-10H2,1H3. The average molecular weight is 389 g/mol. The van der Waals surface area contributed by atoms with Crippen LogP contribution in [0.1, 0.15) is 11.1 Å². The summed E-state index contributed by atoms with van der Waals surface area (Å²) in [7, 11) is 1.64. The lowest BCUT2D eigenvalue weighted by atomic mass is 10.2. The Morgan fingerprint density at radius 2 is 1.84 bits per heavy atom. The summed E-state index contributed by atoms with van der Waals surface area (Å²) in [5.74, 6) is 1.96. The summed E-state index contributed by atoms with van der Waals surface area (Å²) in [5.41, 5.74) is 2.09. The Balaban J connectivity index is 2.11. The topological polar surface area (TPSA) is 18.5 Å². The van der Waals surface area contributed by atoms with Crippen LogP contribution in [-0.4, -0.2) is 7.11 Å². The summed E-state index contributed by atoms with van der Waals surface area (Å²) in [6.07, 6.45) is 0. The zero-order valence-electron chi connectivity index (χ0n) is 10.5. The van der Waals surface area contributed by atoms with Gasteiger partial charge in [-0.1, -0.05) is 18.2 Å². The number of methoxy groups -OCH3 is 1. The van der Waals surface area contributed by atoms with Crippen LogP contribution in [0, 0.1) is 3.57 Å². The Morgan fingerprint density at radius 1 is 1.11 bits per heavy atom. The number of ether oxygens (including phenoxy) is 2. The molecule has 2 aromatic carbocycles. The first-order chi connectivity index (χ1) is 9.22. The highest BCUT2D eigenvalue weighted by Crippen LogP contribution is 2.27. The van der Waals surface area contributed by atoms with Gasteiger partial charge in [0.05, 0.1) is 13.0 Å². The SMILES string of the molecule is COc1ccc(CCl)c(OCc2ccc(I)cc2)c1. The number of benzene rings is 2. The first kappa shape index (κ1) is 14.5. The zero-order valence-corrected chi connectivity index (χ0v) is 13.4. The van der Waals surface area contributed by atoms with Crippen LogP contribution in [0.2, 0.25) is 0 Å². The van der Waals surface area contributed by atoms with E-state index in [9.17, 15) is 0 Å². The van der Waals surface area contributed by atoms with Crippen LogP contribution in [0.5, 0.6) is 11.5 Å². The van der Waals surface area contributed by atoms with Gasteiger partial charge in [0.15, 0.2) is 0 Å². The molecule has 0 atom stereocenters. The molecule has 0 radical (unpaired) electrons. The van der Waals surface area contributed by atoms with E-state index in [0.29, 0.717) is 12.5 Å². The molecular formula is C15H14ClIO2. The van der Waals surface area contributed by atoms with Crippen molar-refractivity contribution in [1.29, 1.82) is 0 Å². The van der Waals surface area contributed by atoms with Gasteiger partial charge in [0.1, 0.15) is 18.1 Å². The molecule has 4 heteroatoms. The van der Waals surface area contributed by atoms with Crippen molar-refractivity contribution >= 4 is 34.2 Å². The van der Waals surface area contributed by atoms with Gasteiger partial charge in [-0.2, -0.15) is 0 Å². The van der Waals surface area contributed by atoms with Crippen molar-refractivity contribution in [3.05, 3.63) is 57.2 Å². The summed E-state index contributed by atoms with van der Waals surface area (Å²) in [6, 6.07) is 13.9. The molecule has 2 rings (SSSR count). The molecule has 2 nitrogen and oxygen atoms in total. The van der Waals surface area contributed by atoms with Crippen molar-refractivity contribution in [2.75, 3.05) is 7.11 Å². The van der Waals surface area contributed by atoms with Crippen molar-refractivity contribution in [2.45, 2.75) is 12.5 Å². The van der Waals surface area contributed by atoms with Crippen molar-refractivity contribution in [3.8, 4) is 11.5 Å². The van der Waals surface area contributed by atoms with Gasteiger partial charge < -0.3 is 9.47 Å². The highest BCUT2D eigenvalue weighted by atomic mass is 127. The lowest BCUT2D eigenvalue weighted by Gasteiger charge is -2.11. The van der Waals surface area contributed by atoms with E-state index in [1.165, 1.54) is 3.57 Å². The Bertz CT molecular complexity index is 540. The van der Waals surface area contributed by atoms with E-state index in [1.807, 2.05) is 18.2 Å². The summed E-state index contributed by atoms with van der Waals surface area (Å²) in [5, 5.41) is 0. The summed E-state index contributed by atoms with van der Waals surface area (Å²) < 4.78 is 12.2. The molecular weight excluding hydrogens is 375 g/mol. The average Bonchev–Trinajstić information content (AvgIpc) is 2.46. The first-order valence-corrected chi connectivity index (χ1v) is 7.44. The van der Waals surface area contributed by atoms with Gasteiger partial charge >= 0.3 is 0 Å². The third kappa shape index (κ3) is 4.01. The number of hydrogen-bond acceptors (Lipinski definition) is 2. The van der Waals surface area contributed by atoms with E-state index in [1.54, 1.807) is 7.11 Å². The Morgan fingerprint density at radius 3 is 2.47 bits per heavy atom. The minimum absolute atomic E-state index is 0.423. The molecule has 0 aliphatic carbocycles. The first-order valence-electron chi connectivity index (χ1n) is 5.83. The maximum Gasteiger partial charge on any atom is 0.127 e. The third-order valence-electron chi connectivity index (χ3n) is 2.73. The molecule has 0 aromatic heterocycles. The minimum Gasteiger partial charge on any atom is -0.497 e. The van der Waals surface area contributed by atoms with Gasteiger partial charge in [-0.25, -0.2) is 0 Å². The quantitative estimate of drug-likeness (QED) is 0.550. The smallest absolute Gasteiger partial charge is 0.127 e. The van der Waals surface area contributed by atoms with Crippen LogP contribution in [0.4, 0.5) is 0 Å². The normalized spacial score (nSPS) is 10.3. The van der Waals surface area contributed by atoms with Gasteiger partial charge in [0, 0.05) is 15.2 Å². The lowest BCUT2D eigenvalue weighted by molar-refractivity contribution is 0.301. The Kier molecular flexibility index (Phi) is 5.34. The predicted octanol–water partition coefficient (Wildman–Crippen LogP) is 4.62. The maximum absolute atomic E-state index is 5.91. The highest BCUT2D eigenvalue weighted by Gasteiger charge is 2.05. The maximum atomic E-state index is 5.91. The monoisotopic (exact) mass is 388 g/mol. The van der Waals surface area contributed by atoms with E-state index in [0.717, 1.165) is 22.6 Å². The van der Waals surface area contributed by atoms with E-state index in [4.69, 9.17) is 21.1 Å². The van der Waals surface area contributed by atoms with Crippen molar-refractivity contribution in [2.24, 2.45) is 0 Å². The Hall–Kier alpha value is -0.940. The van der Waals surface area contributed by atoms with Gasteiger partial charge in [0.2, 0.25) is 0 Å². The molecule has 2 aromatic rings. The fraction of sp³-hybridized carbons (Fsp3) is 0.200. The highest BCUT2D eigenvalue weighted by molar-refractivity contribution is 14.1. The summed E-state index contributed by atoms with van der Waals surface area (Å²) in [6.45, 7) is 0.522. The number of rotatable bonds is 5. The molecule has 0 aliphatic rings. The largest absolute Gasteiger partial charge is 0.497 e. The summed E-state index contributed by atoms with van der Waals surface area (Å²) in [4.78, 5) is 0. The minimum atomic E-state index is 0.423. The second-order valence-electron chi connectivity index (χ2n) is 4.02. The molecule has 0 fully saturated rings. The van der Waals surface area contributed by atoms with Gasteiger partial charge in [-0.3, -0.25) is 0 Å². The molecule has 0 saturated carbocycles. The van der Waals surface area contributed by atoms with Gasteiger partial charge in [0.25, 0.3) is 0 Å². The van der Waals surface area contributed by atoms with Crippen LogP contribution < -0.4 is 9.47 Å². The number of hydrogen-bond donors (Lipinski definition) is 0. The predicted molar refractivity (Wildman–Crippen MR) is 86.0 cm³/mol. The summed E-state index contributed by atoms with van der Waals surface area (Å²) >= 11 is 8.19. The van der Waals surface area contributed by atoms with Crippen LogP contribution in [0.15, 0.2) is 42.5 Å². The molecule has 0 spiro atoms. The van der Waals surface area contributed by atoms with E-state index in [2.05, 4.69) is 46.9 Å². The van der Waals surface area contributed by atoms with Crippen molar-refractivity contribution in [1.82, 2.24) is 0 Å².